The molecule has 2 N–H and O–H groups in total. The zero-order chi connectivity index (χ0) is 13.0. The summed E-state index contributed by atoms with van der Waals surface area (Å²) >= 11 is 1.22. The Kier molecular flexibility index (Phi) is 3.83. The van der Waals surface area contributed by atoms with Gasteiger partial charge in [-0.25, -0.2) is 4.98 Å². The van der Waals surface area contributed by atoms with Crippen molar-refractivity contribution in [3.05, 3.63) is 28.9 Å². The molecule has 2 aromatic rings. The monoisotopic (exact) mass is 263 g/mol. The minimum absolute atomic E-state index is 0.297. The van der Waals surface area contributed by atoms with E-state index in [1.165, 1.54) is 11.3 Å². The molecule has 0 aliphatic rings. The lowest BCUT2D eigenvalue weighted by molar-refractivity contribution is 0.102. The van der Waals surface area contributed by atoms with Gasteiger partial charge in [0, 0.05) is 12.2 Å². The van der Waals surface area contributed by atoms with Crippen LogP contribution in [-0.2, 0) is 0 Å². The highest BCUT2D eigenvalue weighted by atomic mass is 32.1. The number of rotatable bonds is 4. The molecule has 6 nitrogen and oxygen atoms in total. The van der Waals surface area contributed by atoms with Crippen LogP contribution in [-0.4, -0.2) is 27.6 Å². The van der Waals surface area contributed by atoms with Gasteiger partial charge in [0.15, 0.2) is 0 Å². The molecular weight excluding hydrogens is 250 g/mol. The van der Waals surface area contributed by atoms with E-state index >= 15 is 0 Å². The van der Waals surface area contributed by atoms with E-state index in [0.29, 0.717) is 16.0 Å². The van der Waals surface area contributed by atoms with Gasteiger partial charge >= 0.3 is 0 Å². The Hall–Kier alpha value is -2.02. The van der Waals surface area contributed by atoms with E-state index in [4.69, 9.17) is 0 Å². The van der Waals surface area contributed by atoms with Gasteiger partial charge in [0.1, 0.15) is 5.82 Å². The standard InChI is InChI=1S/C11H13N5OS/c1-3-12-11-16-15-10(18-11)9(17)14-8-6-4-5-7(2)13-8/h4-6H,3H2,1-2H3,(H,12,16)(H,13,14,17). The van der Waals surface area contributed by atoms with Gasteiger partial charge in [-0.2, -0.15) is 0 Å². The van der Waals surface area contributed by atoms with E-state index in [1.54, 1.807) is 6.07 Å². The van der Waals surface area contributed by atoms with Crippen molar-refractivity contribution in [2.75, 3.05) is 17.2 Å². The Bertz CT molecular complexity index is 554. The van der Waals surface area contributed by atoms with Crippen LogP contribution in [0.5, 0.6) is 0 Å². The van der Waals surface area contributed by atoms with Crippen LogP contribution in [0.3, 0.4) is 0 Å². The number of hydrogen-bond donors (Lipinski definition) is 2. The minimum Gasteiger partial charge on any atom is -0.360 e. The van der Waals surface area contributed by atoms with Crippen LogP contribution in [0.15, 0.2) is 18.2 Å². The van der Waals surface area contributed by atoms with E-state index in [9.17, 15) is 4.79 Å². The van der Waals surface area contributed by atoms with Gasteiger partial charge in [-0.15, -0.1) is 10.2 Å². The first-order chi connectivity index (χ1) is 8.69. The molecule has 0 aromatic carbocycles. The van der Waals surface area contributed by atoms with Gasteiger partial charge in [-0.05, 0) is 26.0 Å². The molecule has 7 heteroatoms. The maximum Gasteiger partial charge on any atom is 0.287 e. The van der Waals surface area contributed by atoms with Crippen molar-refractivity contribution < 1.29 is 4.79 Å². The normalized spacial score (nSPS) is 10.1. The lowest BCUT2D eigenvalue weighted by Crippen LogP contribution is -2.12. The largest absolute Gasteiger partial charge is 0.360 e. The van der Waals surface area contributed by atoms with Crippen molar-refractivity contribution in [2.45, 2.75) is 13.8 Å². The molecule has 18 heavy (non-hydrogen) atoms. The Morgan fingerprint density at radius 3 is 2.94 bits per heavy atom. The molecule has 0 saturated carbocycles. The zero-order valence-corrected chi connectivity index (χ0v) is 10.9. The molecular formula is C11H13N5OS. The summed E-state index contributed by atoms with van der Waals surface area (Å²) in [5.41, 5.74) is 0.846. The molecule has 1 amide bonds. The second-order valence-electron chi connectivity index (χ2n) is 3.56. The molecule has 94 valence electrons. The number of carbonyl (C=O) groups excluding carboxylic acids is 1. The number of aryl methyl sites for hydroxylation is 1. The topological polar surface area (TPSA) is 79.8 Å². The lowest BCUT2D eigenvalue weighted by Gasteiger charge is -2.01. The predicted octanol–water partition coefficient (Wildman–Crippen LogP) is 1.93. The van der Waals surface area contributed by atoms with Crippen molar-refractivity contribution >= 4 is 28.2 Å². The third-order valence-corrected chi connectivity index (χ3v) is 2.96. The third kappa shape index (κ3) is 3.01. The van der Waals surface area contributed by atoms with Crippen molar-refractivity contribution in [3.63, 3.8) is 0 Å². The van der Waals surface area contributed by atoms with Gasteiger partial charge in [0.25, 0.3) is 5.91 Å². The minimum atomic E-state index is -0.297. The molecule has 0 fully saturated rings. The smallest absolute Gasteiger partial charge is 0.287 e. The fourth-order valence-corrected chi connectivity index (χ4v) is 2.03. The summed E-state index contributed by atoms with van der Waals surface area (Å²) in [6.07, 6.45) is 0. The number of carbonyl (C=O) groups is 1. The molecule has 2 rings (SSSR count). The second kappa shape index (κ2) is 5.54. The Morgan fingerprint density at radius 2 is 2.22 bits per heavy atom. The highest BCUT2D eigenvalue weighted by Gasteiger charge is 2.13. The summed E-state index contributed by atoms with van der Waals surface area (Å²) in [4.78, 5) is 16.1. The molecule has 0 unspecified atom stereocenters. The SMILES string of the molecule is CCNc1nnc(C(=O)Nc2cccc(C)n2)s1. The number of anilines is 2. The summed E-state index contributed by atoms with van der Waals surface area (Å²) in [6.45, 7) is 4.57. The molecule has 0 aliphatic heterocycles. The van der Waals surface area contributed by atoms with E-state index < -0.39 is 0 Å². The predicted molar refractivity (Wildman–Crippen MR) is 71.0 cm³/mol. The van der Waals surface area contributed by atoms with E-state index in [2.05, 4.69) is 25.8 Å². The molecule has 0 spiro atoms. The van der Waals surface area contributed by atoms with Gasteiger partial charge in [0.2, 0.25) is 10.1 Å². The summed E-state index contributed by atoms with van der Waals surface area (Å²) < 4.78 is 0. The van der Waals surface area contributed by atoms with Gasteiger partial charge in [-0.3, -0.25) is 4.79 Å². The average molecular weight is 263 g/mol. The second-order valence-corrected chi connectivity index (χ2v) is 4.54. The maximum absolute atomic E-state index is 11.9. The fraction of sp³-hybridized carbons (Fsp3) is 0.273. The first-order valence-electron chi connectivity index (χ1n) is 5.51. The van der Waals surface area contributed by atoms with Crippen molar-refractivity contribution in [3.8, 4) is 0 Å². The van der Waals surface area contributed by atoms with Crippen molar-refractivity contribution in [2.24, 2.45) is 0 Å². The number of hydrogen-bond acceptors (Lipinski definition) is 6. The molecule has 0 atom stereocenters. The van der Waals surface area contributed by atoms with Crippen LogP contribution in [0.1, 0.15) is 22.4 Å². The average Bonchev–Trinajstić information content (AvgIpc) is 2.78. The highest BCUT2D eigenvalue weighted by Crippen LogP contribution is 2.16. The lowest BCUT2D eigenvalue weighted by atomic mass is 10.4. The Labute approximate surface area is 108 Å². The molecule has 2 heterocycles. The number of amides is 1. The van der Waals surface area contributed by atoms with Gasteiger partial charge < -0.3 is 10.6 Å². The first kappa shape index (κ1) is 12.4. The molecule has 0 bridgehead atoms. The summed E-state index contributed by atoms with van der Waals surface area (Å²) in [7, 11) is 0. The summed E-state index contributed by atoms with van der Waals surface area (Å²) in [5, 5.41) is 14.3. The van der Waals surface area contributed by atoms with E-state index in [0.717, 1.165) is 12.2 Å². The number of aromatic nitrogens is 3. The van der Waals surface area contributed by atoms with E-state index in [-0.39, 0.29) is 5.91 Å². The quantitative estimate of drug-likeness (QED) is 0.881. The van der Waals surface area contributed by atoms with Crippen LogP contribution >= 0.6 is 11.3 Å². The van der Waals surface area contributed by atoms with Crippen molar-refractivity contribution in [1.82, 2.24) is 15.2 Å². The van der Waals surface area contributed by atoms with Crippen LogP contribution < -0.4 is 10.6 Å². The molecule has 0 saturated heterocycles. The highest BCUT2D eigenvalue weighted by molar-refractivity contribution is 7.17. The summed E-state index contributed by atoms with van der Waals surface area (Å²) in [5.74, 6) is 0.218. The van der Waals surface area contributed by atoms with Crippen LogP contribution in [0, 0.1) is 6.92 Å². The van der Waals surface area contributed by atoms with Gasteiger partial charge in [-0.1, -0.05) is 17.4 Å². The third-order valence-electron chi connectivity index (χ3n) is 2.08. The molecule has 0 radical (unpaired) electrons. The fourth-order valence-electron chi connectivity index (χ4n) is 1.32. The van der Waals surface area contributed by atoms with Crippen LogP contribution in [0.2, 0.25) is 0 Å². The van der Waals surface area contributed by atoms with Crippen molar-refractivity contribution in [1.29, 1.82) is 0 Å². The van der Waals surface area contributed by atoms with E-state index in [1.807, 2.05) is 26.0 Å². The number of nitrogens with one attached hydrogen (secondary N) is 2. The van der Waals surface area contributed by atoms with Gasteiger partial charge in [0.05, 0.1) is 0 Å². The number of pyridine rings is 1. The molecule has 2 aromatic heterocycles. The van der Waals surface area contributed by atoms with Crippen LogP contribution in [0.4, 0.5) is 10.9 Å². The first-order valence-corrected chi connectivity index (χ1v) is 6.33. The Balaban J connectivity index is 2.07. The number of nitrogens with zero attached hydrogens (tertiary/aromatic N) is 3. The zero-order valence-electron chi connectivity index (χ0n) is 10.1. The van der Waals surface area contributed by atoms with Crippen LogP contribution in [0.25, 0.3) is 0 Å². The maximum atomic E-state index is 11.9. The summed E-state index contributed by atoms with van der Waals surface area (Å²) in [6, 6.07) is 5.43. The Morgan fingerprint density at radius 1 is 1.39 bits per heavy atom. The molecule has 0 aliphatic carbocycles.